The number of nitrogens with one attached hydrogen (secondary N) is 1. The quantitative estimate of drug-likeness (QED) is 0.880. The van der Waals surface area contributed by atoms with Gasteiger partial charge in [0.15, 0.2) is 0 Å². The number of nitrogen functional groups attached to an aromatic ring is 1. The van der Waals surface area contributed by atoms with Gasteiger partial charge >= 0.3 is 0 Å². The van der Waals surface area contributed by atoms with Gasteiger partial charge in [-0.3, -0.25) is 5.10 Å². The van der Waals surface area contributed by atoms with E-state index in [-0.39, 0.29) is 0 Å². The lowest BCUT2D eigenvalue weighted by molar-refractivity contribution is 0.397. The van der Waals surface area contributed by atoms with Crippen LogP contribution in [0.25, 0.3) is 11.3 Å². The van der Waals surface area contributed by atoms with Crippen molar-refractivity contribution in [3.63, 3.8) is 0 Å². The maximum atomic E-state index is 5.99. The highest BCUT2D eigenvalue weighted by Gasteiger charge is 2.20. The van der Waals surface area contributed by atoms with Crippen molar-refractivity contribution in [2.45, 2.75) is 20.3 Å². The number of aromatic amines is 1. The Bertz CT molecular complexity index is 569. The molecule has 5 heteroatoms. The topological polar surface area (TPSA) is 73.2 Å². The third-order valence-electron chi connectivity index (χ3n) is 3.19. The summed E-state index contributed by atoms with van der Waals surface area (Å²) in [5, 5.41) is 7.15. The number of methoxy groups -OCH3 is 2. The molecular weight excluding hydrogens is 254 g/mol. The lowest BCUT2D eigenvalue weighted by atomic mass is 9.98. The number of H-pyrrole nitrogens is 1. The summed E-state index contributed by atoms with van der Waals surface area (Å²) in [6, 6.07) is 5.69. The van der Waals surface area contributed by atoms with Crippen molar-refractivity contribution in [1.82, 2.24) is 10.2 Å². The summed E-state index contributed by atoms with van der Waals surface area (Å²) in [6.07, 6.45) is 0.846. The summed E-state index contributed by atoms with van der Waals surface area (Å²) in [7, 11) is 3.28. The number of nitrogens with zero attached hydrogens (tertiary/aromatic N) is 1. The monoisotopic (exact) mass is 275 g/mol. The van der Waals surface area contributed by atoms with Gasteiger partial charge in [-0.2, -0.15) is 5.10 Å². The van der Waals surface area contributed by atoms with E-state index in [2.05, 4.69) is 24.0 Å². The highest BCUT2D eigenvalue weighted by molar-refractivity contribution is 5.78. The van der Waals surface area contributed by atoms with Crippen molar-refractivity contribution in [3.8, 4) is 22.8 Å². The van der Waals surface area contributed by atoms with Crippen LogP contribution >= 0.6 is 0 Å². The van der Waals surface area contributed by atoms with Crippen molar-refractivity contribution < 1.29 is 9.47 Å². The number of hydrogen-bond donors (Lipinski definition) is 2. The van der Waals surface area contributed by atoms with Gasteiger partial charge in [0.2, 0.25) is 0 Å². The summed E-state index contributed by atoms with van der Waals surface area (Å²) in [6.45, 7) is 4.30. The molecule has 0 aliphatic carbocycles. The van der Waals surface area contributed by atoms with E-state index < -0.39 is 0 Å². The molecule has 0 atom stereocenters. The second-order valence-corrected chi connectivity index (χ2v) is 5.10. The fourth-order valence-corrected chi connectivity index (χ4v) is 2.30. The van der Waals surface area contributed by atoms with Gasteiger partial charge in [-0.15, -0.1) is 0 Å². The molecule has 1 aromatic carbocycles. The number of anilines is 1. The van der Waals surface area contributed by atoms with Gasteiger partial charge in [-0.05, 0) is 24.5 Å². The van der Waals surface area contributed by atoms with Gasteiger partial charge in [0, 0.05) is 5.56 Å². The third-order valence-corrected chi connectivity index (χ3v) is 3.19. The third kappa shape index (κ3) is 2.57. The maximum Gasteiger partial charge on any atom is 0.149 e. The Hall–Kier alpha value is -2.17. The highest BCUT2D eigenvalue weighted by atomic mass is 16.5. The van der Waals surface area contributed by atoms with Crippen LogP contribution in [0.1, 0.15) is 19.4 Å². The number of ether oxygens (including phenoxy) is 2. The second-order valence-electron chi connectivity index (χ2n) is 5.10. The minimum absolute atomic E-state index is 0.481. The van der Waals surface area contributed by atoms with Crippen molar-refractivity contribution in [3.05, 3.63) is 23.8 Å². The van der Waals surface area contributed by atoms with Crippen LogP contribution in [0.3, 0.4) is 0 Å². The van der Waals surface area contributed by atoms with E-state index in [0.717, 1.165) is 34.7 Å². The largest absolute Gasteiger partial charge is 0.496 e. The molecule has 2 rings (SSSR count). The summed E-state index contributed by atoms with van der Waals surface area (Å²) in [5.41, 5.74) is 8.71. The molecule has 0 fully saturated rings. The van der Waals surface area contributed by atoms with Crippen molar-refractivity contribution in [2.75, 3.05) is 20.0 Å². The van der Waals surface area contributed by atoms with Crippen LogP contribution in [0.4, 0.5) is 5.82 Å². The first-order valence-corrected chi connectivity index (χ1v) is 6.62. The smallest absolute Gasteiger partial charge is 0.149 e. The Morgan fingerprint density at radius 1 is 1.20 bits per heavy atom. The Morgan fingerprint density at radius 2 is 1.80 bits per heavy atom. The van der Waals surface area contributed by atoms with Crippen molar-refractivity contribution in [2.24, 2.45) is 5.92 Å². The van der Waals surface area contributed by atoms with E-state index in [4.69, 9.17) is 15.2 Å². The number of nitrogens with two attached hydrogens (primary N) is 1. The van der Waals surface area contributed by atoms with E-state index in [1.54, 1.807) is 14.2 Å². The van der Waals surface area contributed by atoms with Gasteiger partial charge in [-0.1, -0.05) is 19.9 Å². The first-order chi connectivity index (χ1) is 9.58. The molecule has 20 heavy (non-hydrogen) atoms. The van der Waals surface area contributed by atoms with Crippen LogP contribution in [0.2, 0.25) is 0 Å². The number of aromatic nitrogens is 2. The summed E-state index contributed by atoms with van der Waals surface area (Å²) >= 11 is 0. The molecule has 0 saturated heterocycles. The Labute approximate surface area is 119 Å². The van der Waals surface area contributed by atoms with E-state index in [9.17, 15) is 0 Å². The van der Waals surface area contributed by atoms with Gasteiger partial charge in [-0.25, -0.2) is 0 Å². The SMILES string of the molecule is COc1cccc(OC)c1-c1[nH]nc(N)c1CC(C)C. The van der Waals surface area contributed by atoms with Crippen LogP contribution in [0, 0.1) is 5.92 Å². The standard InChI is InChI=1S/C15H21N3O2/c1-9(2)8-10-14(17-18-15(10)16)13-11(19-3)6-5-7-12(13)20-4/h5-7,9H,8H2,1-4H3,(H3,16,17,18). The minimum atomic E-state index is 0.481. The molecule has 5 nitrogen and oxygen atoms in total. The fourth-order valence-electron chi connectivity index (χ4n) is 2.30. The molecule has 1 heterocycles. The molecule has 0 amide bonds. The molecule has 0 saturated carbocycles. The summed E-state index contributed by atoms with van der Waals surface area (Å²) in [4.78, 5) is 0. The zero-order valence-corrected chi connectivity index (χ0v) is 12.4. The van der Waals surface area contributed by atoms with Crippen LogP contribution in [0.15, 0.2) is 18.2 Å². The predicted octanol–water partition coefficient (Wildman–Crippen LogP) is 2.87. The van der Waals surface area contributed by atoms with Crippen LogP contribution in [0.5, 0.6) is 11.5 Å². The molecule has 1 aromatic heterocycles. The van der Waals surface area contributed by atoms with E-state index in [0.29, 0.717) is 11.7 Å². The van der Waals surface area contributed by atoms with Gasteiger partial charge in [0.05, 0.1) is 25.5 Å². The minimum Gasteiger partial charge on any atom is -0.496 e. The first-order valence-electron chi connectivity index (χ1n) is 6.62. The van der Waals surface area contributed by atoms with E-state index >= 15 is 0 Å². The summed E-state index contributed by atoms with van der Waals surface area (Å²) in [5.74, 6) is 2.48. The molecule has 3 N–H and O–H groups in total. The maximum absolute atomic E-state index is 5.99. The molecule has 0 aliphatic rings. The molecule has 0 aliphatic heterocycles. The first kappa shape index (κ1) is 14.2. The Morgan fingerprint density at radius 3 is 2.30 bits per heavy atom. The average molecular weight is 275 g/mol. The summed E-state index contributed by atoms with van der Waals surface area (Å²) < 4.78 is 10.9. The molecule has 2 aromatic rings. The van der Waals surface area contributed by atoms with Gasteiger partial charge in [0.1, 0.15) is 17.3 Å². The Balaban J connectivity index is 2.62. The lowest BCUT2D eigenvalue weighted by Crippen LogP contribution is -2.00. The van der Waals surface area contributed by atoms with Crippen molar-refractivity contribution >= 4 is 5.82 Å². The van der Waals surface area contributed by atoms with E-state index in [1.165, 1.54) is 0 Å². The van der Waals surface area contributed by atoms with Crippen molar-refractivity contribution in [1.29, 1.82) is 0 Å². The normalized spacial score (nSPS) is 10.8. The number of benzene rings is 1. The van der Waals surface area contributed by atoms with Gasteiger partial charge < -0.3 is 15.2 Å². The zero-order valence-electron chi connectivity index (χ0n) is 12.4. The molecule has 0 spiro atoms. The lowest BCUT2D eigenvalue weighted by Gasteiger charge is -2.14. The highest BCUT2D eigenvalue weighted by Crippen LogP contribution is 2.40. The predicted molar refractivity (Wildman–Crippen MR) is 80.1 cm³/mol. The zero-order chi connectivity index (χ0) is 14.7. The van der Waals surface area contributed by atoms with Gasteiger partial charge in [0.25, 0.3) is 0 Å². The molecule has 0 bridgehead atoms. The Kier molecular flexibility index (Phi) is 4.17. The van der Waals surface area contributed by atoms with Crippen LogP contribution in [-0.4, -0.2) is 24.4 Å². The number of rotatable bonds is 5. The van der Waals surface area contributed by atoms with Crippen LogP contribution in [-0.2, 0) is 6.42 Å². The molecule has 108 valence electrons. The second kappa shape index (κ2) is 5.86. The fraction of sp³-hybridized carbons (Fsp3) is 0.400. The average Bonchev–Trinajstić information content (AvgIpc) is 2.78. The number of hydrogen-bond acceptors (Lipinski definition) is 4. The molecular formula is C15H21N3O2. The molecule has 0 radical (unpaired) electrons. The molecule has 0 unspecified atom stereocenters. The van der Waals surface area contributed by atoms with E-state index in [1.807, 2.05) is 18.2 Å². The van der Waals surface area contributed by atoms with Crippen LogP contribution < -0.4 is 15.2 Å².